The van der Waals surface area contributed by atoms with E-state index in [0.29, 0.717) is 18.9 Å². The third-order valence-electron chi connectivity index (χ3n) is 7.11. The van der Waals surface area contributed by atoms with Crippen LogP contribution in [-0.4, -0.2) is 67.9 Å². The van der Waals surface area contributed by atoms with Crippen molar-refractivity contribution in [3.05, 3.63) is 48.8 Å². The minimum Gasteiger partial charge on any atom is -0.350 e. The van der Waals surface area contributed by atoms with Crippen molar-refractivity contribution in [3.8, 4) is 0 Å². The van der Waals surface area contributed by atoms with Gasteiger partial charge < -0.3 is 19.7 Å². The number of fused-ring (bicyclic) bond motifs is 4. The molecule has 3 fully saturated rings. The van der Waals surface area contributed by atoms with E-state index in [9.17, 15) is 9.59 Å². The predicted molar refractivity (Wildman–Crippen MR) is 115 cm³/mol. The zero-order chi connectivity index (χ0) is 21.2. The Hall–Kier alpha value is -2.74. The first-order valence-corrected chi connectivity index (χ1v) is 11.3. The summed E-state index contributed by atoms with van der Waals surface area (Å²) in [5, 5.41) is 3.09. The van der Waals surface area contributed by atoms with Crippen LogP contribution in [-0.2, 0) is 22.7 Å². The van der Waals surface area contributed by atoms with Crippen LogP contribution in [0.3, 0.4) is 0 Å². The van der Waals surface area contributed by atoms with Gasteiger partial charge in [0.05, 0.1) is 6.33 Å². The molecule has 0 aliphatic carbocycles. The van der Waals surface area contributed by atoms with E-state index in [-0.39, 0.29) is 29.8 Å². The van der Waals surface area contributed by atoms with Crippen molar-refractivity contribution >= 4 is 11.8 Å². The fraction of sp³-hybridized carbons (Fsp3) is 0.565. The average Bonchev–Trinajstić information content (AvgIpc) is 3.31. The van der Waals surface area contributed by atoms with E-state index in [1.165, 1.54) is 0 Å². The molecule has 0 aromatic carbocycles. The van der Waals surface area contributed by atoms with Gasteiger partial charge in [-0.2, -0.15) is 0 Å². The number of piperidine rings is 3. The van der Waals surface area contributed by atoms with Gasteiger partial charge in [0.15, 0.2) is 0 Å². The van der Waals surface area contributed by atoms with E-state index in [0.717, 1.165) is 51.0 Å². The largest absolute Gasteiger partial charge is 0.350 e. The number of imidazole rings is 1. The number of nitrogens with one attached hydrogen (secondary N) is 1. The van der Waals surface area contributed by atoms with Gasteiger partial charge in [-0.05, 0) is 36.8 Å². The normalized spacial score (nSPS) is 28.3. The lowest BCUT2D eigenvalue weighted by atomic mass is 9.71. The summed E-state index contributed by atoms with van der Waals surface area (Å²) in [6.07, 6.45) is 12.7. The van der Waals surface area contributed by atoms with Gasteiger partial charge in [-0.25, -0.2) is 4.98 Å². The van der Waals surface area contributed by atoms with Gasteiger partial charge in [0, 0.05) is 75.9 Å². The molecular formula is C23H30N6O2. The third-order valence-corrected chi connectivity index (χ3v) is 7.11. The van der Waals surface area contributed by atoms with Crippen LogP contribution in [0.4, 0.5) is 0 Å². The zero-order valence-electron chi connectivity index (χ0n) is 17.8. The lowest BCUT2D eigenvalue weighted by molar-refractivity contribution is -0.160. The highest BCUT2D eigenvalue weighted by molar-refractivity contribution is 5.89. The molecule has 31 heavy (non-hydrogen) atoms. The summed E-state index contributed by atoms with van der Waals surface area (Å²) in [6.45, 7) is 4.13. The second-order valence-corrected chi connectivity index (χ2v) is 9.10. The molecule has 2 aromatic rings. The standard InChI is InChI=1S/C23H30N6O2/c30-21-5-1-4-20-18-11-19(15-28(14-18)10-9-27-8-7-25-16-27)22(29(20)21)23(31)26-13-17-3-2-6-24-12-17/h2-3,6-8,12,16,18-20,22H,1,4-5,9-11,13-15H2,(H,26,31)/t18-,19+,20+,22-/m1/s1. The van der Waals surface area contributed by atoms with Crippen molar-refractivity contribution in [3.63, 3.8) is 0 Å². The highest BCUT2D eigenvalue weighted by atomic mass is 16.2. The summed E-state index contributed by atoms with van der Waals surface area (Å²) >= 11 is 0. The summed E-state index contributed by atoms with van der Waals surface area (Å²) in [6, 6.07) is 3.64. The second kappa shape index (κ2) is 8.78. The minimum absolute atomic E-state index is 0.0241. The number of likely N-dealkylation sites (tertiary alicyclic amines) is 1. The van der Waals surface area contributed by atoms with Gasteiger partial charge in [-0.15, -0.1) is 0 Å². The molecule has 5 rings (SSSR count). The molecule has 0 unspecified atom stereocenters. The molecule has 1 N–H and O–H groups in total. The Morgan fingerprint density at radius 3 is 2.87 bits per heavy atom. The van der Waals surface area contributed by atoms with Crippen molar-refractivity contribution in [2.75, 3.05) is 19.6 Å². The maximum absolute atomic E-state index is 13.4. The second-order valence-electron chi connectivity index (χ2n) is 9.10. The van der Waals surface area contributed by atoms with E-state index in [1.54, 1.807) is 18.6 Å². The summed E-state index contributed by atoms with van der Waals surface area (Å²) in [5.74, 6) is 0.755. The van der Waals surface area contributed by atoms with Crippen molar-refractivity contribution in [1.29, 1.82) is 0 Å². The van der Waals surface area contributed by atoms with Crippen LogP contribution in [0.2, 0.25) is 0 Å². The summed E-state index contributed by atoms with van der Waals surface area (Å²) < 4.78 is 2.10. The number of aromatic nitrogens is 3. The van der Waals surface area contributed by atoms with Crippen LogP contribution >= 0.6 is 0 Å². The number of pyridine rings is 1. The number of nitrogens with zero attached hydrogens (tertiary/aromatic N) is 5. The van der Waals surface area contributed by atoms with Crippen molar-refractivity contribution in [2.24, 2.45) is 11.8 Å². The first-order valence-electron chi connectivity index (χ1n) is 11.3. The van der Waals surface area contributed by atoms with Crippen LogP contribution in [0.15, 0.2) is 43.2 Å². The minimum atomic E-state index is -0.373. The Labute approximate surface area is 182 Å². The molecule has 2 bridgehead atoms. The lowest BCUT2D eigenvalue weighted by Crippen LogP contribution is -2.68. The maximum atomic E-state index is 13.4. The lowest BCUT2D eigenvalue weighted by Gasteiger charge is -2.56. The third kappa shape index (κ3) is 4.21. The first kappa shape index (κ1) is 20.2. The molecule has 2 amide bonds. The van der Waals surface area contributed by atoms with E-state index in [4.69, 9.17) is 0 Å². The topological polar surface area (TPSA) is 83.4 Å². The molecule has 3 aliphatic rings. The predicted octanol–water partition coefficient (Wildman–Crippen LogP) is 1.30. The molecule has 0 spiro atoms. The summed E-state index contributed by atoms with van der Waals surface area (Å²) in [5.41, 5.74) is 0.969. The Bertz CT molecular complexity index is 902. The van der Waals surface area contributed by atoms with Gasteiger partial charge in [0.2, 0.25) is 11.8 Å². The molecule has 0 radical (unpaired) electrons. The number of rotatable bonds is 6. The SMILES string of the molecule is O=C(NCc1cccnc1)[C@H]1[C@H]2C[C@H](CN(CCn3ccnc3)C2)[C@@H]2CCCC(=O)N21. The molecule has 4 atom stereocenters. The van der Waals surface area contributed by atoms with Crippen LogP contribution in [0.25, 0.3) is 0 Å². The monoisotopic (exact) mass is 422 g/mol. The van der Waals surface area contributed by atoms with Crippen LogP contribution in [0.5, 0.6) is 0 Å². The van der Waals surface area contributed by atoms with E-state index in [2.05, 4.69) is 24.8 Å². The molecule has 8 nitrogen and oxygen atoms in total. The molecule has 8 heteroatoms. The summed E-state index contributed by atoms with van der Waals surface area (Å²) in [7, 11) is 0. The molecule has 5 heterocycles. The van der Waals surface area contributed by atoms with Gasteiger partial charge in [-0.3, -0.25) is 14.6 Å². The fourth-order valence-electron chi connectivity index (χ4n) is 5.75. The zero-order valence-corrected chi connectivity index (χ0v) is 17.8. The van der Waals surface area contributed by atoms with Gasteiger partial charge >= 0.3 is 0 Å². The van der Waals surface area contributed by atoms with Crippen molar-refractivity contribution in [1.82, 2.24) is 29.7 Å². The Balaban J connectivity index is 1.32. The van der Waals surface area contributed by atoms with E-state index < -0.39 is 0 Å². The molecule has 3 saturated heterocycles. The fourth-order valence-corrected chi connectivity index (χ4v) is 5.75. The molecule has 164 valence electrons. The molecule has 3 aliphatic heterocycles. The molecular weight excluding hydrogens is 392 g/mol. The number of hydrogen-bond donors (Lipinski definition) is 1. The number of hydrogen-bond acceptors (Lipinski definition) is 5. The highest BCUT2D eigenvalue weighted by Gasteiger charge is 2.51. The Morgan fingerprint density at radius 1 is 1.16 bits per heavy atom. The van der Waals surface area contributed by atoms with E-state index in [1.807, 2.05) is 29.6 Å². The van der Waals surface area contributed by atoms with E-state index >= 15 is 0 Å². The van der Waals surface area contributed by atoms with Crippen molar-refractivity contribution < 1.29 is 9.59 Å². The van der Waals surface area contributed by atoms with Gasteiger partial charge in [0.1, 0.15) is 6.04 Å². The number of amides is 2. The van der Waals surface area contributed by atoms with Crippen LogP contribution in [0, 0.1) is 11.8 Å². The number of carbonyl (C=O) groups is 2. The van der Waals surface area contributed by atoms with Crippen molar-refractivity contribution in [2.45, 2.75) is 50.9 Å². The first-order chi connectivity index (χ1) is 15.2. The Morgan fingerprint density at radius 2 is 2.06 bits per heavy atom. The molecule has 2 aromatic heterocycles. The Kier molecular flexibility index (Phi) is 5.72. The van der Waals surface area contributed by atoms with Crippen LogP contribution < -0.4 is 5.32 Å². The number of carbonyl (C=O) groups excluding carboxylic acids is 2. The average molecular weight is 423 g/mol. The maximum Gasteiger partial charge on any atom is 0.243 e. The summed E-state index contributed by atoms with van der Waals surface area (Å²) in [4.78, 5) is 39.0. The highest BCUT2D eigenvalue weighted by Crippen LogP contribution is 2.41. The van der Waals surface area contributed by atoms with Gasteiger partial charge in [-0.1, -0.05) is 6.07 Å². The van der Waals surface area contributed by atoms with Crippen LogP contribution in [0.1, 0.15) is 31.2 Å². The van der Waals surface area contributed by atoms with Gasteiger partial charge in [0.25, 0.3) is 0 Å². The smallest absolute Gasteiger partial charge is 0.243 e. The molecule has 0 saturated carbocycles. The quantitative estimate of drug-likeness (QED) is 0.759.